The van der Waals surface area contributed by atoms with Gasteiger partial charge in [-0.3, -0.25) is 24.0 Å². The third-order valence-electron chi connectivity index (χ3n) is 3.77. The molecule has 0 saturated heterocycles. The Kier molecular flexibility index (Phi) is 12.6. The molecule has 0 aromatic heterocycles. The van der Waals surface area contributed by atoms with Crippen LogP contribution in [-0.2, 0) is 19.2 Å². The molecule has 2 atom stereocenters. The van der Waals surface area contributed by atoms with Crippen molar-refractivity contribution in [1.29, 1.82) is 0 Å². The van der Waals surface area contributed by atoms with E-state index in [4.69, 9.17) is 10.2 Å². The van der Waals surface area contributed by atoms with Crippen molar-refractivity contribution >= 4 is 40.8 Å². The summed E-state index contributed by atoms with van der Waals surface area (Å²) in [5.74, 6) is -3.75. The molecule has 0 aromatic carbocycles. The number of hydrogen-bond acceptors (Lipinski definition) is 7. The van der Waals surface area contributed by atoms with Gasteiger partial charge in [0.05, 0.1) is 0 Å². The SMILES string of the molecule is CCN(CC)C(=O)SC[C@H](NC(=O)CC[C@@H](NC)C(=O)O)C(=O)NCC(=O)O. The molecule has 11 nitrogen and oxygen atoms in total. The van der Waals surface area contributed by atoms with Crippen molar-refractivity contribution in [3.8, 4) is 0 Å². The van der Waals surface area contributed by atoms with Crippen LogP contribution in [0.4, 0.5) is 4.79 Å². The summed E-state index contributed by atoms with van der Waals surface area (Å²) < 4.78 is 0. The van der Waals surface area contributed by atoms with E-state index < -0.39 is 42.4 Å². The fourth-order valence-electron chi connectivity index (χ4n) is 2.13. The van der Waals surface area contributed by atoms with Crippen LogP contribution in [-0.4, -0.2) is 88.6 Å². The predicted molar refractivity (Wildman–Crippen MR) is 103 cm³/mol. The third kappa shape index (κ3) is 10.1. The van der Waals surface area contributed by atoms with E-state index in [1.54, 1.807) is 18.7 Å². The average Bonchev–Trinajstić information content (AvgIpc) is 2.64. The minimum atomic E-state index is -1.25. The molecule has 0 aliphatic rings. The number of nitrogens with one attached hydrogen (secondary N) is 3. The average molecular weight is 420 g/mol. The Balaban J connectivity index is 4.90. The van der Waals surface area contributed by atoms with Crippen LogP contribution in [0.3, 0.4) is 0 Å². The van der Waals surface area contributed by atoms with E-state index in [-0.39, 0.29) is 23.8 Å². The van der Waals surface area contributed by atoms with Gasteiger partial charge in [-0.2, -0.15) is 0 Å². The second-order valence-corrected chi connectivity index (χ2v) is 6.67. The number of amides is 3. The number of hydrogen-bond donors (Lipinski definition) is 5. The first-order valence-electron chi connectivity index (χ1n) is 8.76. The fourth-order valence-corrected chi connectivity index (χ4v) is 3.11. The summed E-state index contributed by atoms with van der Waals surface area (Å²) >= 11 is 0.838. The predicted octanol–water partition coefficient (Wildman–Crippen LogP) is -0.680. The van der Waals surface area contributed by atoms with Gasteiger partial charge in [0.2, 0.25) is 11.8 Å². The van der Waals surface area contributed by atoms with Crippen molar-refractivity contribution in [2.75, 3.05) is 32.4 Å². The molecule has 0 spiro atoms. The van der Waals surface area contributed by atoms with Crippen LogP contribution in [0.5, 0.6) is 0 Å². The van der Waals surface area contributed by atoms with Crippen LogP contribution in [0.15, 0.2) is 0 Å². The third-order valence-corrected chi connectivity index (χ3v) is 4.77. The summed E-state index contributed by atoms with van der Waals surface area (Å²) in [5.41, 5.74) is 0. The molecule has 12 heteroatoms. The maximum absolute atomic E-state index is 12.2. The number of nitrogens with zero attached hydrogens (tertiary/aromatic N) is 1. The van der Waals surface area contributed by atoms with E-state index in [1.807, 2.05) is 0 Å². The molecular weight excluding hydrogens is 392 g/mol. The number of carboxylic acid groups (broad SMARTS) is 2. The Morgan fingerprint density at radius 3 is 2.11 bits per heavy atom. The smallest absolute Gasteiger partial charge is 0.322 e. The van der Waals surface area contributed by atoms with Gasteiger partial charge >= 0.3 is 11.9 Å². The molecule has 0 saturated carbocycles. The molecule has 160 valence electrons. The van der Waals surface area contributed by atoms with Gasteiger partial charge < -0.3 is 31.1 Å². The van der Waals surface area contributed by atoms with Crippen LogP contribution < -0.4 is 16.0 Å². The molecule has 3 amide bonds. The highest BCUT2D eigenvalue weighted by Crippen LogP contribution is 2.11. The number of likely N-dealkylation sites (N-methyl/N-ethyl adjacent to an activating group) is 1. The highest BCUT2D eigenvalue weighted by Gasteiger charge is 2.24. The molecule has 0 aliphatic heterocycles. The molecule has 0 radical (unpaired) electrons. The Morgan fingerprint density at radius 2 is 1.64 bits per heavy atom. The second-order valence-electron chi connectivity index (χ2n) is 5.70. The lowest BCUT2D eigenvalue weighted by Crippen LogP contribution is -2.50. The topological polar surface area (TPSA) is 165 Å². The van der Waals surface area contributed by atoms with Crippen molar-refractivity contribution in [3.63, 3.8) is 0 Å². The van der Waals surface area contributed by atoms with E-state index in [1.165, 1.54) is 7.05 Å². The molecule has 5 N–H and O–H groups in total. The van der Waals surface area contributed by atoms with Crippen LogP contribution >= 0.6 is 11.8 Å². The minimum absolute atomic E-state index is 0.00660. The molecule has 0 heterocycles. The number of rotatable bonds is 13. The van der Waals surface area contributed by atoms with E-state index in [2.05, 4.69) is 16.0 Å². The standard InChI is InChI=1S/C16H28N4O7S/c1-4-20(5-2)16(27)28-9-11(14(24)18-8-13(22)23)19-12(21)7-6-10(17-3)15(25)26/h10-11,17H,4-9H2,1-3H3,(H,18,24)(H,19,21)(H,22,23)(H,25,26)/t10-,11+/m1/s1. The Bertz CT molecular complexity index is 569. The fraction of sp³-hybridized carbons (Fsp3) is 0.688. The highest BCUT2D eigenvalue weighted by atomic mass is 32.2. The van der Waals surface area contributed by atoms with Crippen LogP contribution in [0.25, 0.3) is 0 Å². The number of carbonyl (C=O) groups excluding carboxylic acids is 3. The molecule has 0 unspecified atom stereocenters. The van der Waals surface area contributed by atoms with Crippen molar-refractivity contribution in [2.45, 2.75) is 38.8 Å². The van der Waals surface area contributed by atoms with Crippen molar-refractivity contribution < 1.29 is 34.2 Å². The van der Waals surface area contributed by atoms with Gasteiger partial charge in [0, 0.05) is 25.3 Å². The summed E-state index contributed by atoms with van der Waals surface area (Å²) in [6.45, 7) is 3.97. The number of thioether (sulfide) groups is 1. The highest BCUT2D eigenvalue weighted by molar-refractivity contribution is 8.13. The Labute approximate surface area is 167 Å². The molecule has 0 aliphatic carbocycles. The molecule has 0 fully saturated rings. The largest absolute Gasteiger partial charge is 0.480 e. The summed E-state index contributed by atoms with van der Waals surface area (Å²) in [4.78, 5) is 59.5. The minimum Gasteiger partial charge on any atom is -0.480 e. The van der Waals surface area contributed by atoms with E-state index >= 15 is 0 Å². The molecule has 0 aromatic rings. The zero-order valence-corrected chi connectivity index (χ0v) is 17.0. The van der Waals surface area contributed by atoms with Gasteiger partial charge in [0.1, 0.15) is 18.6 Å². The summed E-state index contributed by atoms with van der Waals surface area (Å²) in [6, 6.07) is -2.04. The first kappa shape index (κ1) is 25.7. The van der Waals surface area contributed by atoms with Crippen molar-refractivity contribution in [2.24, 2.45) is 0 Å². The van der Waals surface area contributed by atoms with Gasteiger partial charge in [0.15, 0.2) is 0 Å². The van der Waals surface area contributed by atoms with E-state index in [0.717, 1.165) is 11.8 Å². The lowest BCUT2D eigenvalue weighted by molar-refractivity contribution is -0.139. The number of aliphatic carboxylic acids is 2. The van der Waals surface area contributed by atoms with Gasteiger partial charge in [-0.1, -0.05) is 11.8 Å². The van der Waals surface area contributed by atoms with Crippen molar-refractivity contribution in [3.05, 3.63) is 0 Å². The maximum atomic E-state index is 12.2. The normalized spacial score (nSPS) is 12.5. The van der Waals surface area contributed by atoms with E-state index in [9.17, 15) is 24.0 Å². The second kappa shape index (κ2) is 13.8. The monoisotopic (exact) mass is 420 g/mol. The first-order valence-corrected chi connectivity index (χ1v) is 9.75. The Morgan fingerprint density at radius 1 is 1.04 bits per heavy atom. The van der Waals surface area contributed by atoms with Crippen LogP contribution in [0.1, 0.15) is 26.7 Å². The number of carbonyl (C=O) groups is 5. The quantitative estimate of drug-likeness (QED) is 0.259. The zero-order chi connectivity index (χ0) is 21.7. The molecule has 0 bridgehead atoms. The van der Waals surface area contributed by atoms with Crippen LogP contribution in [0.2, 0.25) is 0 Å². The molecular formula is C16H28N4O7S. The van der Waals surface area contributed by atoms with Gasteiger partial charge in [-0.05, 0) is 27.3 Å². The maximum Gasteiger partial charge on any atom is 0.322 e. The Hall–Kier alpha value is -2.34. The molecule has 0 rings (SSSR count). The van der Waals surface area contributed by atoms with Gasteiger partial charge in [0.25, 0.3) is 5.24 Å². The van der Waals surface area contributed by atoms with Gasteiger partial charge in [-0.25, -0.2) is 0 Å². The van der Waals surface area contributed by atoms with Crippen molar-refractivity contribution in [1.82, 2.24) is 20.9 Å². The number of carboxylic acids is 2. The lowest BCUT2D eigenvalue weighted by atomic mass is 10.1. The van der Waals surface area contributed by atoms with E-state index in [0.29, 0.717) is 13.1 Å². The summed E-state index contributed by atoms with van der Waals surface area (Å²) in [6.07, 6.45) is -0.151. The summed E-state index contributed by atoms with van der Waals surface area (Å²) in [5, 5.41) is 24.5. The first-order chi connectivity index (χ1) is 13.2. The van der Waals surface area contributed by atoms with Gasteiger partial charge in [-0.15, -0.1) is 0 Å². The van der Waals surface area contributed by atoms with Crippen LogP contribution in [0, 0.1) is 0 Å². The lowest BCUT2D eigenvalue weighted by Gasteiger charge is -2.21. The zero-order valence-electron chi connectivity index (χ0n) is 16.2. The summed E-state index contributed by atoms with van der Waals surface area (Å²) in [7, 11) is 1.45. The molecule has 28 heavy (non-hydrogen) atoms.